The molecule has 1 aliphatic carbocycles. The molecule has 0 aromatic heterocycles. The van der Waals surface area contributed by atoms with Crippen LogP contribution in [0.5, 0.6) is 0 Å². The van der Waals surface area contributed by atoms with E-state index in [0.29, 0.717) is 6.04 Å². The largest absolute Gasteiger partial charge is 0.393 e. The number of rotatable bonds is 8. The van der Waals surface area contributed by atoms with Crippen LogP contribution in [0.15, 0.2) is 0 Å². The molecule has 4 unspecified atom stereocenters. The molecule has 0 radical (unpaired) electrons. The summed E-state index contributed by atoms with van der Waals surface area (Å²) in [6.07, 6.45) is 7.51. The lowest BCUT2D eigenvalue weighted by Crippen LogP contribution is -2.44. The van der Waals surface area contributed by atoms with Crippen molar-refractivity contribution in [2.45, 2.75) is 64.5 Å². The van der Waals surface area contributed by atoms with Gasteiger partial charge in [-0.05, 0) is 58.5 Å². The first-order valence-corrected chi connectivity index (χ1v) is 8.10. The number of nitrogens with zero attached hydrogens (tertiary/aromatic N) is 1. The van der Waals surface area contributed by atoms with Gasteiger partial charge in [0.1, 0.15) is 0 Å². The molecule has 1 saturated carbocycles. The topological polar surface area (TPSA) is 35.5 Å². The second-order valence-electron chi connectivity index (χ2n) is 6.52. The molecule has 0 bridgehead atoms. The molecule has 0 aromatic carbocycles. The molecule has 0 amide bonds. The van der Waals surface area contributed by atoms with Crippen LogP contribution in [0.1, 0.15) is 52.4 Å². The quantitative estimate of drug-likeness (QED) is 0.711. The lowest BCUT2D eigenvalue weighted by molar-refractivity contribution is 0.131. The monoisotopic (exact) mass is 270 g/mol. The molecule has 3 nitrogen and oxygen atoms in total. The Bertz CT molecular complexity index is 233. The first-order chi connectivity index (χ1) is 9.06. The Hall–Kier alpha value is -0.120. The Balaban J connectivity index is 2.41. The molecule has 0 heterocycles. The van der Waals surface area contributed by atoms with Crippen molar-refractivity contribution in [3.05, 3.63) is 0 Å². The Morgan fingerprint density at radius 1 is 1.37 bits per heavy atom. The molecule has 3 heteroatoms. The first-order valence-electron chi connectivity index (χ1n) is 8.10. The van der Waals surface area contributed by atoms with Gasteiger partial charge in [0.25, 0.3) is 0 Å². The zero-order chi connectivity index (χ0) is 14.3. The molecule has 0 saturated heterocycles. The number of aliphatic hydroxyl groups is 1. The second kappa shape index (κ2) is 8.93. The van der Waals surface area contributed by atoms with Crippen molar-refractivity contribution in [1.29, 1.82) is 0 Å². The molecule has 1 rings (SSSR count). The second-order valence-corrected chi connectivity index (χ2v) is 6.52. The van der Waals surface area contributed by atoms with E-state index in [4.69, 9.17) is 0 Å². The lowest BCUT2D eigenvalue weighted by atomic mass is 9.76. The van der Waals surface area contributed by atoms with Gasteiger partial charge in [-0.1, -0.05) is 19.8 Å². The molecular formula is C16H34N2O. The van der Waals surface area contributed by atoms with Crippen LogP contribution in [0.4, 0.5) is 0 Å². The Kier molecular flexibility index (Phi) is 7.96. The number of hydrogen-bond acceptors (Lipinski definition) is 3. The summed E-state index contributed by atoms with van der Waals surface area (Å²) in [6.45, 7) is 6.34. The summed E-state index contributed by atoms with van der Waals surface area (Å²) in [6, 6.07) is 0.683. The fraction of sp³-hybridized carbons (Fsp3) is 1.00. The average molecular weight is 270 g/mol. The maximum Gasteiger partial charge on any atom is 0.0524 e. The van der Waals surface area contributed by atoms with Crippen LogP contribution >= 0.6 is 0 Å². The van der Waals surface area contributed by atoms with Gasteiger partial charge in [-0.25, -0.2) is 0 Å². The third kappa shape index (κ3) is 6.24. The first kappa shape index (κ1) is 16.9. The minimum atomic E-state index is -0.179. The molecule has 114 valence electrons. The van der Waals surface area contributed by atoms with Crippen LogP contribution < -0.4 is 5.32 Å². The molecule has 1 fully saturated rings. The van der Waals surface area contributed by atoms with Crippen LogP contribution in [0.2, 0.25) is 0 Å². The Morgan fingerprint density at radius 2 is 2.11 bits per heavy atom. The summed E-state index contributed by atoms with van der Waals surface area (Å²) < 4.78 is 0. The molecule has 0 aromatic rings. The van der Waals surface area contributed by atoms with Crippen LogP contribution in [0, 0.1) is 11.8 Å². The maximum atomic E-state index is 9.38. The zero-order valence-corrected chi connectivity index (χ0v) is 13.4. The lowest BCUT2D eigenvalue weighted by Gasteiger charge is -2.38. The van der Waals surface area contributed by atoms with Gasteiger partial charge >= 0.3 is 0 Å². The normalized spacial score (nSPS) is 29.7. The molecular weight excluding hydrogens is 236 g/mol. The van der Waals surface area contributed by atoms with Crippen molar-refractivity contribution in [3.63, 3.8) is 0 Å². The summed E-state index contributed by atoms with van der Waals surface area (Å²) in [5.41, 5.74) is 0. The molecule has 2 N–H and O–H groups in total. The van der Waals surface area contributed by atoms with Gasteiger partial charge in [0.15, 0.2) is 0 Å². The fourth-order valence-electron chi connectivity index (χ4n) is 3.51. The van der Waals surface area contributed by atoms with Gasteiger partial charge in [0, 0.05) is 19.1 Å². The van der Waals surface area contributed by atoms with E-state index in [0.717, 1.165) is 24.8 Å². The number of nitrogens with one attached hydrogen (secondary N) is 1. The highest BCUT2D eigenvalue weighted by molar-refractivity contribution is 4.85. The van der Waals surface area contributed by atoms with E-state index in [-0.39, 0.29) is 6.10 Å². The third-order valence-corrected chi connectivity index (χ3v) is 4.63. The fourth-order valence-corrected chi connectivity index (χ4v) is 3.51. The molecule has 0 spiro atoms. The summed E-state index contributed by atoms with van der Waals surface area (Å²) in [7, 11) is 4.30. The highest BCUT2D eigenvalue weighted by atomic mass is 16.3. The predicted octanol–water partition coefficient (Wildman–Crippen LogP) is 2.49. The smallest absolute Gasteiger partial charge is 0.0524 e. The molecule has 4 atom stereocenters. The van der Waals surface area contributed by atoms with Crippen molar-refractivity contribution in [2.24, 2.45) is 11.8 Å². The summed E-state index contributed by atoms with van der Waals surface area (Å²) in [5.74, 6) is 1.71. The van der Waals surface area contributed by atoms with Crippen LogP contribution in [0.25, 0.3) is 0 Å². The van der Waals surface area contributed by atoms with Crippen LogP contribution in [-0.4, -0.2) is 49.3 Å². The van der Waals surface area contributed by atoms with E-state index < -0.39 is 0 Å². The molecule has 0 aliphatic heterocycles. The molecule has 19 heavy (non-hydrogen) atoms. The van der Waals surface area contributed by atoms with E-state index in [2.05, 4.69) is 31.2 Å². The Labute approximate surface area is 119 Å². The van der Waals surface area contributed by atoms with Gasteiger partial charge in [-0.15, -0.1) is 0 Å². The highest BCUT2D eigenvalue weighted by Crippen LogP contribution is 2.32. The average Bonchev–Trinajstić information content (AvgIpc) is 2.37. The minimum absolute atomic E-state index is 0.179. The maximum absolute atomic E-state index is 9.38. The van der Waals surface area contributed by atoms with E-state index in [9.17, 15) is 5.11 Å². The van der Waals surface area contributed by atoms with Gasteiger partial charge in [-0.2, -0.15) is 0 Å². The molecule has 1 aliphatic rings. The Morgan fingerprint density at radius 3 is 2.68 bits per heavy atom. The summed E-state index contributed by atoms with van der Waals surface area (Å²) in [5, 5.41) is 12.9. The SMILES string of the molecule is CCCC1CCC(NC)C(CN(C)CCC(C)O)C1. The number of hydrogen-bond donors (Lipinski definition) is 2. The third-order valence-electron chi connectivity index (χ3n) is 4.63. The van der Waals surface area contributed by atoms with Crippen molar-refractivity contribution >= 4 is 0 Å². The summed E-state index contributed by atoms with van der Waals surface area (Å²) in [4.78, 5) is 2.40. The van der Waals surface area contributed by atoms with Crippen molar-refractivity contribution in [3.8, 4) is 0 Å². The van der Waals surface area contributed by atoms with E-state index >= 15 is 0 Å². The van der Waals surface area contributed by atoms with E-state index in [1.54, 1.807) is 0 Å². The van der Waals surface area contributed by atoms with Gasteiger partial charge in [0.2, 0.25) is 0 Å². The van der Waals surface area contributed by atoms with Gasteiger partial charge < -0.3 is 15.3 Å². The van der Waals surface area contributed by atoms with Crippen LogP contribution in [-0.2, 0) is 0 Å². The highest BCUT2D eigenvalue weighted by Gasteiger charge is 2.29. The van der Waals surface area contributed by atoms with Gasteiger partial charge in [0.05, 0.1) is 6.10 Å². The summed E-state index contributed by atoms with van der Waals surface area (Å²) >= 11 is 0. The van der Waals surface area contributed by atoms with Crippen molar-refractivity contribution < 1.29 is 5.11 Å². The van der Waals surface area contributed by atoms with Crippen LogP contribution in [0.3, 0.4) is 0 Å². The standard InChI is InChI=1S/C16H34N2O/c1-5-6-14-7-8-16(17-3)15(11-14)12-18(4)10-9-13(2)19/h13-17,19H,5-12H2,1-4H3. The van der Waals surface area contributed by atoms with E-state index in [1.807, 2.05) is 6.92 Å². The minimum Gasteiger partial charge on any atom is -0.393 e. The predicted molar refractivity (Wildman–Crippen MR) is 82.4 cm³/mol. The van der Waals surface area contributed by atoms with Gasteiger partial charge in [-0.3, -0.25) is 0 Å². The van der Waals surface area contributed by atoms with E-state index in [1.165, 1.54) is 38.6 Å². The number of aliphatic hydroxyl groups excluding tert-OH is 1. The zero-order valence-electron chi connectivity index (χ0n) is 13.4. The van der Waals surface area contributed by atoms with Crippen molar-refractivity contribution in [2.75, 3.05) is 27.2 Å². The van der Waals surface area contributed by atoms with Crippen molar-refractivity contribution in [1.82, 2.24) is 10.2 Å².